The van der Waals surface area contributed by atoms with Crippen molar-refractivity contribution in [1.29, 1.82) is 0 Å². The van der Waals surface area contributed by atoms with Crippen molar-refractivity contribution in [3.05, 3.63) is 27.7 Å². The number of carbonyl (C=O) groups excluding carboxylic acids is 1. The quantitative estimate of drug-likeness (QED) is 0.853. The molecule has 1 amide bonds. The highest BCUT2D eigenvalue weighted by atomic mass is 32.1. The maximum absolute atomic E-state index is 12.4. The zero-order valence-corrected chi connectivity index (χ0v) is 13.2. The van der Waals surface area contributed by atoms with Gasteiger partial charge in [-0.15, -0.1) is 0 Å². The highest BCUT2D eigenvalue weighted by molar-refractivity contribution is 7.13. The van der Waals surface area contributed by atoms with Crippen molar-refractivity contribution in [2.24, 2.45) is 0 Å². The molecule has 1 saturated heterocycles. The summed E-state index contributed by atoms with van der Waals surface area (Å²) in [5.41, 5.74) is 1.74. The average molecular weight is 305 g/mol. The molecule has 0 aliphatic carbocycles. The van der Waals surface area contributed by atoms with Crippen LogP contribution in [-0.4, -0.2) is 32.8 Å². The topological polar surface area (TPSA) is 55.2 Å². The van der Waals surface area contributed by atoms with Gasteiger partial charge >= 0.3 is 0 Å². The van der Waals surface area contributed by atoms with Crippen LogP contribution in [0, 0.1) is 13.8 Å². The first-order chi connectivity index (χ1) is 10.1. The van der Waals surface area contributed by atoms with E-state index < -0.39 is 0 Å². The summed E-state index contributed by atoms with van der Waals surface area (Å²) in [6, 6.07) is 1.91. The number of rotatable bonds is 2. The van der Waals surface area contributed by atoms with Gasteiger partial charge in [-0.2, -0.15) is 0 Å². The van der Waals surface area contributed by atoms with Gasteiger partial charge in [0.1, 0.15) is 11.4 Å². The molecule has 21 heavy (non-hydrogen) atoms. The lowest BCUT2D eigenvalue weighted by molar-refractivity contribution is -0.132. The van der Waals surface area contributed by atoms with E-state index in [1.165, 1.54) is 18.0 Å². The van der Waals surface area contributed by atoms with Gasteiger partial charge in [-0.25, -0.2) is 4.98 Å². The summed E-state index contributed by atoms with van der Waals surface area (Å²) in [5, 5.41) is 0.650. The zero-order chi connectivity index (χ0) is 15.0. The smallest absolute Gasteiger partial charge is 0.270 e. The van der Waals surface area contributed by atoms with Crippen LogP contribution < -0.4 is 5.56 Å². The third-order valence-electron chi connectivity index (χ3n) is 3.94. The lowest BCUT2D eigenvalue weighted by atomic mass is 10.1. The van der Waals surface area contributed by atoms with Crippen LogP contribution >= 0.6 is 11.5 Å². The first kappa shape index (κ1) is 14.3. The van der Waals surface area contributed by atoms with E-state index in [0.717, 1.165) is 42.0 Å². The number of likely N-dealkylation sites (tertiary alicyclic amines) is 1. The number of aromatic nitrogens is 2. The second kappa shape index (κ2) is 5.60. The number of amides is 1. The lowest BCUT2D eigenvalue weighted by Gasteiger charge is -2.26. The predicted octanol–water partition coefficient (Wildman–Crippen LogP) is 2.09. The number of fused-ring (bicyclic) bond motifs is 1. The van der Waals surface area contributed by atoms with Gasteiger partial charge in [0.05, 0.1) is 5.39 Å². The minimum Gasteiger partial charge on any atom is -0.341 e. The predicted molar refractivity (Wildman–Crippen MR) is 83.8 cm³/mol. The summed E-state index contributed by atoms with van der Waals surface area (Å²) in [4.78, 5) is 31.7. The Labute approximate surface area is 127 Å². The monoisotopic (exact) mass is 305 g/mol. The molecule has 1 aliphatic heterocycles. The fraction of sp³-hybridized carbons (Fsp3) is 0.533. The summed E-state index contributed by atoms with van der Waals surface area (Å²) >= 11 is 1.29. The fourth-order valence-corrected chi connectivity index (χ4v) is 3.95. The molecule has 0 saturated carbocycles. The van der Waals surface area contributed by atoms with E-state index in [-0.39, 0.29) is 18.0 Å². The Bertz CT molecular complexity index is 741. The molecule has 0 aromatic carbocycles. The highest BCUT2D eigenvalue weighted by Crippen LogP contribution is 2.19. The number of carbonyl (C=O) groups is 1. The molecule has 0 bridgehead atoms. The van der Waals surface area contributed by atoms with Gasteiger partial charge in [0.25, 0.3) is 5.56 Å². The van der Waals surface area contributed by atoms with E-state index in [4.69, 9.17) is 0 Å². The molecule has 1 fully saturated rings. The third-order valence-corrected chi connectivity index (χ3v) is 4.92. The summed E-state index contributed by atoms with van der Waals surface area (Å²) in [6.45, 7) is 5.60. The summed E-state index contributed by atoms with van der Waals surface area (Å²) in [5.74, 6) is 0.0396. The number of hydrogen-bond acceptors (Lipinski definition) is 4. The molecule has 6 heteroatoms. The van der Waals surface area contributed by atoms with Gasteiger partial charge in [-0.3, -0.25) is 13.5 Å². The van der Waals surface area contributed by atoms with E-state index in [0.29, 0.717) is 5.39 Å². The van der Waals surface area contributed by atoms with Crippen LogP contribution in [0.15, 0.2) is 10.9 Å². The van der Waals surface area contributed by atoms with Gasteiger partial charge in [0.2, 0.25) is 5.91 Å². The average Bonchev–Trinajstić information content (AvgIpc) is 2.76. The van der Waals surface area contributed by atoms with Gasteiger partial charge in [0.15, 0.2) is 0 Å². The molecule has 0 spiro atoms. The zero-order valence-electron chi connectivity index (χ0n) is 12.4. The minimum absolute atomic E-state index is 0.0396. The SMILES string of the molecule is Cc1cc(C)c2c(=O)n(CC(=O)N3CCCCC3)sc2n1. The lowest BCUT2D eigenvalue weighted by Crippen LogP contribution is -2.38. The van der Waals surface area contributed by atoms with Crippen molar-refractivity contribution in [3.63, 3.8) is 0 Å². The molecule has 0 radical (unpaired) electrons. The molecule has 2 aromatic rings. The third kappa shape index (κ3) is 2.72. The summed E-state index contributed by atoms with van der Waals surface area (Å²) < 4.78 is 1.54. The Morgan fingerprint density at radius 3 is 2.71 bits per heavy atom. The second-order valence-electron chi connectivity index (χ2n) is 5.64. The highest BCUT2D eigenvalue weighted by Gasteiger charge is 2.19. The van der Waals surface area contributed by atoms with Crippen LogP contribution in [-0.2, 0) is 11.3 Å². The van der Waals surface area contributed by atoms with Gasteiger partial charge in [-0.1, -0.05) is 0 Å². The van der Waals surface area contributed by atoms with E-state index in [2.05, 4.69) is 4.98 Å². The van der Waals surface area contributed by atoms with Crippen LogP contribution in [0.1, 0.15) is 30.5 Å². The number of hydrogen-bond donors (Lipinski definition) is 0. The maximum Gasteiger partial charge on any atom is 0.270 e. The normalized spacial score (nSPS) is 15.6. The van der Waals surface area contributed by atoms with Crippen molar-refractivity contribution in [2.45, 2.75) is 39.7 Å². The Balaban J connectivity index is 1.90. The largest absolute Gasteiger partial charge is 0.341 e. The molecule has 112 valence electrons. The molecule has 3 heterocycles. The van der Waals surface area contributed by atoms with Gasteiger partial charge in [0, 0.05) is 18.8 Å². The number of nitrogens with zero attached hydrogens (tertiary/aromatic N) is 3. The molecule has 0 atom stereocenters. The van der Waals surface area contributed by atoms with Crippen molar-refractivity contribution >= 4 is 27.7 Å². The first-order valence-corrected chi connectivity index (χ1v) is 8.09. The van der Waals surface area contributed by atoms with Crippen molar-refractivity contribution in [3.8, 4) is 0 Å². The van der Waals surface area contributed by atoms with E-state index in [1.807, 2.05) is 24.8 Å². The van der Waals surface area contributed by atoms with Crippen LogP contribution in [0.25, 0.3) is 10.2 Å². The molecular weight excluding hydrogens is 286 g/mol. The minimum atomic E-state index is -0.0923. The Morgan fingerprint density at radius 1 is 1.29 bits per heavy atom. The first-order valence-electron chi connectivity index (χ1n) is 7.32. The number of pyridine rings is 1. The molecule has 5 nitrogen and oxygen atoms in total. The maximum atomic E-state index is 12.4. The molecule has 3 rings (SSSR count). The van der Waals surface area contributed by atoms with Gasteiger partial charge < -0.3 is 4.90 Å². The standard InChI is InChI=1S/C15H19N3O2S/c1-10-8-11(2)16-14-13(10)15(20)18(21-14)9-12(19)17-6-4-3-5-7-17/h8H,3-7,9H2,1-2H3. The van der Waals surface area contributed by atoms with Crippen LogP contribution in [0.3, 0.4) is 0 Å². The van der Waals surface area contributed by atoms with Crippen LogP contribution in [0.4, 0.5) is 0 Å². The van der Waals surface area contributed by atoms with Crippen LogP contribution in [0.2, 0.25) is 0 Å². The molecular formula is C15H19N3O2S. The number of aryl methyl sites for hydroxylation is 2. The fourth-order valence-electron chi connectivity index (χ4n) is 2.87. The second-order valence-corrected chi connectivity index (χ2v) is 6.65. The van der Waals surface area contributed by atoms with Crippen molar-refractivity contribution in [1.82, 2.24) is 13.8 Å². The van der Waals surface area contributed by atoms with E-state index in [9.17, 15) is 9.59 Å². The summed E-state index contributed by atoms with van der Waals surface area (Å²) in [7, 11) is 0. The summed E-state index contributed by atoms with van der Waals surface area (Å²) in [6.07, 6.45) is 3.31. The molecule has 1 aliphatic rings. The van der Waals surface area contributed by atoms with Crippen LogP contribution in [0.5, 0.6) is 0 Å². The van der Waals surface area contributed by atoms with Crippen molar-refractivity contribution in [2.75, 3.05) is 13.1 Å². The molecule has 2 aromatic heterocycles. The Hall–Kier alpha value is -1.69. The van der Waals surface area contributed by atoms with Crippen molar-refractivity contribution < 1.29 is 4.79 Å². The Morgan fingerprint density at radius 2 is 2.00 bits per heavy atom. The number of piperidine rings is 1. The molecule has 0 unspecified atom stereocenters. The van der Waals surface area contributed by atoms with E-state index in [1.54, 1.807) is 3.96 Å². The van der Waals surface area contributed by atoms with Gasteiger partial charge in [-0.05, 0) is 56.3 Å². The van der Waals surface area contributed by atoms with E-state index >= 15 is 0 Å². The molecule has 0 N–H and O–H groups in total. The Kier molecular flexibility index (Phi) is 3.80.